The van der Waals surface area contributed by atoms with Crippen LogP contribution in [-0.2, 0) is 4.79 Å². The van der Waals surface area contributed by atoms with Gasteiger partial charge in [0.2, 0.25) is 5.91 Å². The zero-order chi connectivity index (χ0) is 18.0. The number of carbonyl (C=O) groups is 2. The zero-order valence-corrected chi connectivity index (χ0v) is 15.6. The Labute approximate surface area is 158 Å². The number of nitrogens with two attached hydrogens (primary N) is 1. The molecule has 136 valence electrons. The summed E-state index contributed by atoms with van der Waals surface area (Å²) in [5, 5.41) is 0.784. The number of nitrogens with zero attached hydrogens (tertiary/aromatic N) is 2. The molecule has 0 saturated carbocycles. The van der Waals surface area contributed by atoms with Gasteiger partial charge in [-0.2, -0.15) is 0 Å². The van der Waals surface area contributed by atoms with Gasteiger partial charge in [0, 0.05) is 37.8 Å². The third-order valence-electron chi connectivity index (χ3n) is 5.16. The first-order chi connectivity index (χ1) is 12.0. The predicted octanol–water partition coefficient (Wildman–Crippen LogP) is 2.80. The molecular weight excluding hydrogens is 361 g/mol. The zero-order valence-electron chi connectivity index (χ0n) is 14.1. The second-order valence-corrected chi connectivity index (χ2v) is 7.60. The molecule has 5 nitrogen and oxygen atoms in total. The van der Waals surface area contributed by atoms with Crippen molar-refractivity contribution < 1.29 is 9.59 Å². The predicted molar refractivity (Wildman–Crippen MR) is 98.9 cm³/mol. The van der Waals surface area contributed by atoms with E-state index in [0.29, 0.717) is 35.2 Å². The van der Waals surface area contributed by atoms with Crippen LogP contribution in [0.2, 0.25) is 10.0 Å². The van der Waals surface area contributed by atoms with Gasteiger partial charge in [0.05, 0.1) is 16.0 Å². The quantitative estimate of drug-likeness (QED) is 0.872. The molecule has 2 atom stereocenters. The van der Waals surface area contributed by atoms with E-state index in [-0.39, 0.29) is 23.8 Å². The van der Waals surface area contributed by atoms with Crippen molar-refractivity contribution in [3.05, 3.63) is 33.8 Å². The van der Waals surface area contributed by atoms with Crippen molar-refractivity contribution in [2.75, 3.05) is 26.2 Å². The van der Waals surface area contributed by atoms with E-state index in [1.54, 1.807) is 23.1 Å². The van der Waals surface area contributed by atoms with Crippen molar-refractivity contribution in [2.45, 2.75) is 31.7 Å². The van der Waals surface area contributed by atoms with Gasteiger partial charge in [-0.1, -0.05) is 23.2 Å². The molecule has 0 aromatic heterocycles. The maximum Gasteiger partial charge on any atom is 0.253 e. The molecule has 2 aliphatic rings. The number of likely N-dealkylation sites (tertiary alicyclic amines) is 2. The molecular formula is C18H23Cl2N3O2. The molecule has 1 aromatic rings. The van der Waals surface area contributed by atoms with Crippen molar-refractivity contribution >= 4 is 35.0 Å². The standard InChI is InChI=1S/C18H23Cl2N3O2/c19-15-6-5-12(9-16(15)20)17(24)22-7-1-3-13(11-22)18(25)23-8-2-4-14(23)10-21/h5-6,9,13-14H,1-4,7-8,10-11,21H2. The maximum atomic E-state index is 12.9. The van der Waals surface area contributed by atoms with Crippen LogP contribution in [0, 0.1) is 5.92 Å². The Balaban J connectivity index is 1.69. The number of halogens is 2. The van der Waals surface area contributed by atoms with Crippen molar-refractivity contribution in [3.63, 3.8) is 0 Å². The molecule has 2 heterocycles. The van der Waals surface area contributed by atoms with E-state index in [4.69, 9.17) is 28.9 Å². The van der Waals surface area contributed by atoms with Crippen LogP contribution in [0.5, 0.6) is 0 Å². The summed E-state index contributed by atoms with van der Waals surface area (Å²) in [5.74, 6) is -0.111. The largest absolute Gasteiger partial charge is 0.338 e. The average Bonchev–Trinajstić information content (AvgIpc) is 3.11. The molecule has 3 rings (SSSR count). The molecule has 2 unspecified atom stereocenters. The molecule has 2 amide bonds. The second kappa shape index (κ2) is 7.94. The normalized spacial score (nSPS) is 23.8. The van der Waals surface area contributed by atoms with Gasteiger partial charge in [-0.05, 0) is 43.9 Å². The van der Waals surface area contributed by atoms with Gasteiger partial charge in [-0.15, -0.1) is 0 Å². The summed E-state index contributed by atoms with van der Waals surface area (Å²) in [5.41, 5.74) is 6.29. The highest BCUT2D eigenvalue weighted by atomic mass is 35.5. The molecule has 2 saturated heterocycles. The van der Waals surface area contributed by atoms with Crippen molar-refractivity contribution in [2.24, 2.45) is 11.7 Å². The number of carbonyl (C=O) groups excluding carboxylic acids is 2. The topological polar surface area (TPSA) is 66.6 Å². The first-order valence-electron chi connectivity index (χ1n) is 8.76. The van der Waals surface area contributed by atoms with Crippen molar-refractivity contribution in [1.29, 1.82) is 0 Å². The minimum atomic E-state index is -0.146. The van der Waals surface area contributed by atoms with Gasteiger partial charge in [-0.25, -0.2) is 0 Å². The van der Waals surface area contributed by atoms with Gasteiger partial charge < -0.3 is 15.5 Å². The summed E-state index contributed by atoms with van der Waals surface area (Å²) in [4.78, 5) is 29.3. The Morgan fingerprint density at radius 3 is 2.60 bits per heavy atom. The summed E-state index contributed by atoms with van der Waals surface area (Å²) in [6.07, 6.45) is 3.62. The van der Waals surface area contributed by atoms with Crippen LogP contribution in [0.15, 0.2) is 18.2 Å². The van der Waals surface area contributed by atoms with Crippen LogP contribution < -0.4 is 5.73 Å². The maximum absolute atomic E-state index is 12.9. The first-order valence-corrected chi connectivity index (χ1v) is 9.51. The summed E-state index contributed by atoms with van der Waals surface area (Å²) < 4.78 is 0. The number of hydrogen-bond acceptors (Lipinski definition) is 3. The summed E-state index contributed by atoms with van der Waals surface area (Å²) in [6.45, 7) is 2.39. The molecule has 7 heteroatoms. The smallest absolute Gasteiger partial charge is 0.253 e. The van der Waals surface area contributed by atoms with E-state index in [2.05, 4.69) is 0 Å². The van der Waals surface area contributed by atoms with Crippen LogP contribution in [0.3, 0.4) is 0 Å². The van der Waals surface area contributed by atoms with E-state index >= 15 is 0 Å². The van der Waals surface area contributed by atoms with E-state index in [1.165, 1.54) is 0 Å². The Morgan fingerprint density at radius 2 is 1.88 bits per heavy atom. The fourth-order valence-corrected chi connectivity index (χ4v) is 4.08. The molecule has 0 radical (unpaired) electrons. The molecule has 1 aromatic carbocycles. The van der Waals surface area contributed by atoms with Gasteiger partial charge in [0.1, 0.15) is 0 Å². The monoisotopic (exact) mass is 383 g/mol. The van der Waals surface area contributed by atoms with Crippen molar-refractivity contribution in [3.8, 4) is 0 Å². The number of hydrogen-bond donors (Lipinski definition) is 1. The highest BCUT2D eigenvalue weighted by molar-refractivity contribution is 6.42. The van der Waals surface area contributed by atoms with Crippen molar-refractivity contribution in [1.82, 2.24) is 9.80 Å². The molecule has 2 N–H and O–H groups in total. The third-order valence-corrected chi connectivity index (χ3v) is 5.90. The second-order valence-electron chi connectivity index (χ2n) is 6.78. The number of benzene rings is 1. The molecule has 0 aliphatic carbocycles. The lowest BCUT2D eigenvalue weighted by atomic mass is 9.95. The van der Waals surface area contributed by atoms with Gasteiger partial charge >= 0.3 is 0 Å². The van der Waals surface area contributed by atoms with Gasteiger partial charge in [-0.3, -0.25) is 9.59 Å². The van der Waals surface area contributed by atoms with E-state index in [0.717, 1.165) is 32.2 Å². The Bertz CT molecular complexity index is 668. The number of rotatable bonds is 3. The average molecular weight is 384 g/mol. The Kier molecular flexibility index (Phi) is 5.87. The minimum absolute atomic E-state index is 0.104. The Morgan fingerprint density at radius 1 is 1.12 bits per heavy atom. The lowest BCUT2D eigenvalue weighted by Gasteiger charge is -2.35. The third kappa shape index (κ3) is 3.94. The highest BCUT2D eigenvalue weighted by Crippen LogP contribution is 2.27. The lowest BCUT2D eigenvalue weighted by molar-refractivity contribution is -0.137. The fraction of sp³-hybridized carbons (Fsp3) is 0.556. The SMILES string of the molecule is NCC1CCCN1C(=O)C1CCCN(C(=O)c2ccc(Cl)c(Cl)c2)C1. The van der Waals surface area contributed by atoms with Crippen LogP contribution in [0.1, 0.15) is 36.0 Å². The van der Waals surface area contributed by atoms with Gasteiger partial charge in [0.15, 0.2) is 0 Å². The van der Waals surface area contributed by atoms with Crippen LogP contribution >= 0.6 is 23.2 Å². The Hall–Kier alpha value is -1.30. The summed E-state index contributed by atoms with van der Waals surface area (Å²) >= 11 is 11.9. The first kappa shape index (κ1) is 18.5. The van der Waals surface area contributed by atoms with E-state index in [1.807, 2.05) is 4.90 Å². The summed E-state index contributed by atoms with van der Waals surface area (Å²) in [7, 11) is 0. The van der Waals surface area contributed by atoms with Crippen LogP contribution in [0.25, 0.3) is 0 Å². The highest BCUT2D eigenvalue weighted by Gasteiger charge is 2.35. The molecule has 2 fully saturated rings. The molecule has 2 aliphatic heterocycles. The minimum Gasteiger partial charge on any atom is -0.338 e. The fourth-order valence-electron chi connectivity index (χ4n) is 3.78. The van der Waals surface area contributed by atoms with E-state index < -0.39 is 0 Å². The van der Waals surface area contributed by atoms with Gasteiger partial charge in [0.25, 0.3) is 5.91 Å². The molecule has 0 spiro atoms. The lowest BCUT2D eigenvalue weighted by Crippen LogP contribution is -2.49. The molecule has 25 heavy (non-hydrogen) atoms. The van der Waals surface area contributed by atoms with Crippen LogP contribution in [-0.4, -0.2) is 53.8 Å². The summed E-state index contributed by atoms with van der Waals surface area (Å²) in [6, 6.07) is 5.03. The number of piperidine rings is 1. The molecule has 0 bridgehead atoms. The van der Waals surface area contributed by atoms with E-state index in [9.17, 15) is 9.59 Å². The van der Waals surface area contributed by atoms with Crippen LogP contribution in [0.4, 0.5) is 0 Å². The number of amides is 2.